The highest BCUT2D eigenvalue weighted by molar-refractivity contribution is 5.73. The van der Waals surface area contributed by atoms with Crippen LogP contribution in [-0.4, -0.2) is 64.5 Å². The molecular formula is C10H23N2O3+. The van der Waals surface area contributed by atoms with Gasteiger partial charge in [-0.15, -0.1) is 0 Å². The molecule has 0 fully saturated rings. The highest BCUT2D eigenvalue weighted by Crippen LogP contribution is 1.89. The van der Waals surface area contributed by atoms with Gasteiger partial charge in [-0.3, -0.25) is 4.79 Å². The molecule has 0 bridgehead atoms. The fourth-order valence-corrected chi connectivity index (χ4v) is 0.833. The summed E-state index contributed by atoms with van der Waals surface area (Å²) in [5.74, 6) is -0.332. The van der Waals surface area contributed by atoms with Crippen LogP contribution in [0.5, 0.6) is 0 Å². The molecule has 2 N–H and O–H groups in total. The number of hydrogen-bond acceptors (Lipinski definition) is 3. The van der Waals surface area contributed by atoms with Crippen molar-refractivity contribution in [1.29, 1.82) is 0 Å². The van der Waals surface area contributed by atoms with E-state index in [4.69, 9.17) is 15.2 Å². The number of likely N-dealkylation sites (N-methyl/N-ethyl adjacent to an activating group) is 1. The smallest absolute Gasteiger partial charge is 0.219 e. The highest BCUT2D eigenvalue weighted by Gasteiger charge is 2.05. The standard InChI is InChI=1S/C10H22N2O3/c1-12(2,3)5-7-15-9-8-14-6-4-10(11)13/h4-9H2,1-3H3,(H-,11,13)/p+1. The number of carbonyl (C=O) groups is 1. The van der Waals surface area contributed by atoms with Crippen molar-refractivity contribution >= 4 is 5.91 Å². The van der Waals surface area contributed by atoms with Crippen LogP contribution >= 0.6 is 0 Å². The van der Waals surface area contributed by atoms with Gasteiger partial charge in [-0.1, -0.05) is 0 Å². The second kappa shape index (κ2) is 7.62. The van der Waals surface area contributed by atoms with Crippen molar-refractivity contribution in [3.05, 3.63) is 0 Å². The molecular weight excluding hydrogens is 196 g/mol. The summed E-state index contributed by atoms with van der Waals surface area (Å²) in [6.45, 7) is 3.17. The van der Waals surface area contributed by atoms with Gasteiger partial charge in [0, 0.05) is 6.42 Å². The molecule has 0 rings (SSSR count). The minimum absolute atomic E-state index is 0.277. The number of ether oxygens (including phenoxy) is 2. The summed E-state index contributed by atoms with van der Waals surface area (Å²) in [5, 5.41) is 0. The normalized spacial score (nSPS) is 11.7. The van der Waals surface area contributed by atoms with E-state index in [-0.39, 0.29) is 12.3 Å². The van der Waals surface area contributed by atoms with Crippen LogP contribution in [0.25, 0.3) is 0 Å². The highest BCUT2D eigenvalue weighted by atomic mass is 16.5. The van der Waals surface area contributed by atoms with Gasteiger partial charge >= 0.3 is 0 Å². The summed E-state index contributed by atoms with van der Waals surface area (Å²) in [6.07, 6.45) is 0.277. The van der Waals surface area contributed by atoms with Crippen molar-refractivity contribution in [3.63, 3.8) is 0 Å². The van der Waals surface area contributed by atoms with Crippen molar-refractivity contribution in [2.75, 3.05) is 54.1 Å². The Morgan fingerprint density at radius 2 is 1.60 bits per heavy atom. The minimum atomic E-state index is -0.332. The first-order chi connectivity index (χ1) is 6.92. The lowest BCUT2D eigenvalue weighted by atomic mass is 10.4. The molecule has 0 aromatic heterocycles. The van der Waals surface area contributed by atoms with E-state index in [0.29, 0.717) is 19.8 Å². The lowest BCUT2D eigenvalue weighted by Crippen LogP contribution is -2.37. The Morgan fingerprint density at radius 1 is 1.07 bits per heavy atom. The summed E-state index contributed by atoms with van der Waals surface area (Å²) in [5.41, 5.74) is 4.95. The number of carbonyl (C=O) groups excluding carboxylic acids is 1. The Hall–Kier alpha value is -0.650. The number of amides is 1. The Balaban J connectivity index is 3.09. The van der Waals surface area contributed by atoms with Crippen LogP contribution in [0.1, 0.15) is 6.42 Å². The Labute approximate surface area is 91.7 Å². The first-order valence-corrected chi connectivity index (χ1v) is 5.16. The third-order valence-corrected chi connectivity index (χ3v) is 1.77. The number of nitrogens with two attached hydrogens (primary N) is 1. The zero-order valence-electron chi connectivity index (χ0n) is 9.99. The maximum atomic E-state index is 10.4. The molecule has 1 amide bonds. The lowest BCUT2D eigenvalue weighted by Gasteiger charge is -2.23. The van der Waals surface area contributed by atoms with Crippen molar-refractivity contribution in [3.8, 4) is 0 Å². The molecule has 0 radical (unpaired) electrons. The quantitative estimate of drug-likeness (QED) is 0.424. The monoisotopic (exact) mass is 219 g/mol. The molecule has 0 aliphatic carbocycles. The lowest BCUT2D eigenvalue weighted by molar-refractivity contribution is -0.870. The molecule has 15 heavy (non-hydrogen) atoms. The third-order valence-electron chi connectivity index (χ3n) is 1.77. The van der Waals surface area contributed by atoms with Gasteiger partial charge in [0.15, 0.2) is 0 Å². The maximum absolute atomic E-state index is 10.4. The van der Waals surface area contributed by atoms with Gasteiger partial charge < -0.3 is 19.7 Å². The molecule has 0 spiro atoms. The molecule has 5 nitrogen and oxygen atoms in total. The summed E-state index contributed by atoms with van der Waals surface area (Å²) >= 11 is 0. The molecule has 0 saturated carbocycles. The maximum Gasteiger partial charge on any atom is 0.219 e. The van der Waals surface area contributed by atoms with Crippen molar-refractivity contribution in [2.45, 2.75) is 6.42 Å². The largest absolute Gasteiger partial charge is 0.379 e. The fraction of sp³-hybridized carbons (Fsp3) is 0.900. The van der Waals surface area contributed by atoms with E-state index in [9.17, 15) is 4.79 Å². The molecule has 0 aliphatic rings. The van der Waals surface area contributed by atoms with E-state index in [1.807, 2.05) is 0 Å². The van der Waals surface area contributed by atoms with Crippen molar-refractivity contribution in [1.82, 2.24) is 0 Å². The minimum Gasteiger partial charge on any atom is -0.379 e. The topological polar surface area (TPSA) is 61.6 Å². The van der Waals surface area contributed by atoms with Gasteiger partial charge in [0.2, 0.25) is 5.91 Å². The second-order valence-corrected chi connectivity index (χ2v) is 4.45. The van der Waals surface area contributed by atoms with Gasteiger partial charge in [0.1, 0.15) is 6.54 Å². The van der Waals surface area contributed by atoms with Crippen LogP contribution in [0.15, 0.2) is 0 Å². The predicted octanol–water partition coefficient (Wildman–Crippen LogP) is -0.399. The number of primary amides is 1. The fourth-order valence-electron chi connectivity index (χ4n) is 0.833. The van der Waals surface area contributed by atoms with E-state index >= 15 is 0 Å². The molecule has 0 saturated heterocycles. The van der Waals surface area contributed by atoms with Gasteiger partial charge in [-0.2, -0.15) is 0 Å². The first-order valence-electron chi connectivity index (χ1n) is 5.16. The van der Waals surface area contributed by atoms with Gasteiger partial charge in [-0.25, -0.2) is 0 Å². The zero-order chi connectivity index (χ0) is 11.7. The average Bonchev–Trinajstić information content (AvgIpc) is 2.07. The van der Waals surface area contributed by atoms with Crippen LogP contribution in [0.3, 0.4) is 0 Å². The zero-order valence-corrected chi connectivity index (χ0v) is 9.99. The van der Waals surface area contributed by atoms with E-state index in [1.54, 1.807) is 0 Å². The first kappa shape index (κ1) is 14.3. The molecule has 0 unspecified atom stereocenters. The summed E-state index contributed by atoms with van der Waals surface area (Å²) in [4.78, 5) is 10.4. The Morgan fingerprint density at radius 3 is 2.07 bits per heavy atom. The van der Waals surface area contributed by atoms with Crippen molar-refractivity contribution < 1.29 is 18.8 Å². The molecule has 0 atom stereocenters. The van der Waals surface area contributed by atoms with Crippen LogP contribution in [0.4, 0.5) is 0 Å². The molecule has 0 heterocycles. The van der Waals surface area contributed by atoms with E-state index in [1.165, 1.54) is 0 Å². The number of quaternary nitrogens is 1. The van der Waals surface area contributed by atoms with Gasteiger partial charge in [0.25, 0.3) is 0 Å². The van der Waals surface area contributed by atoms with Crippen LogP contribution < -0.4 is 5.73 Å². The summed E-state index contributed by atoms with van der Waals surface area (Å²) in [6, 6.07) is 0. The third kappa shape index (κ3) is 13.3. The molecule has 0 aromatic carbocycles. The Bertz CT molecular complexity index is 178. The average molecular weight is 219 g/mol. The summed E-state index contributed by atoms with van der Waals surface area (Å²) < 4.78 is 11.4. The van der Waals surface area contributed by atoms with Gasteiger partial charge in [0.05, 0.1) is 47.6 Å². The molecule has 5 heteroatoms. The number of nitrogens with zero attached hydrogens (tertiary/aromatic N) is 1. The molecule has 0 aromatic rings. The van der Waals surface area contributed by atoms with E-state index < -0.39 is 0 Å². The Kier molecular flexibility index (Phi) is 7.29. The number of hydrogen-bond donors (Lipinski definition) is 1. The number of rotatable bonds is 9. The second-order valence-electron chi connectivity index (χ2n) is 4.45. The van der Waals surface area contributed by atoms with E-state index in [0.717, 1.165) is 17.6 Å². The molecule has 0 aliphatic heterocycles. The van der Waals surface area contributed by atoms with Crippen LogP contribution in [0, 0.1) is 0 Å². The van der Waals surface area contributed by atoms with Crippen LogP contribution in [0.2, 0.25) is 0 Å². The predicted molar refractivity (Wildman–Crippen MR) is 58.3 cm³/mol. The SMILES string of the molecule is C[N+](C)(C)CCOCCOCCC(N)=O. The van der Waals surface area contributed by atoms with Gasteiger partial charge in [-0.05, 0) is 0 Å². The van der Waals surface area contributed by atoms with E-state index in [2.05, 4.69) is 21.1 Å². The van der Waals surface area contributed by atoms with Crippen molar-refractivity contribution in [2.24, 2.45) is 5.73 Å². The molecule has 90 valence electrons. The summed E-state index contributed by atoms with van der Waals surface area (Å²) in [7, 11) is 6.35. The van der Waals surface area contributed by atoms with Crippen LogP contribution in [-0.2, 0) is 14.3 Å².